The van der Waals surface area contributed by atoms with Gasteiger partial charge in [-0.1, -0.05) is 77.8 Å². The first kappa shape index (κ1) is 26.1. The molecule has 0 spiro atoms. The lowest BCUT2D eigenvalue weighted by atomic mass is 9.96. The minimum Gasteiger partial charge on any atom is -0.481 e. The highest BCUT2D eigenvalue weighted by molar-refractivity contribution is 6.39. The van der Waals surface area contributed by atoms with Gasteiger partial charge in [-0.25, -0.2) is 4.98 Å². The second-order valence-corrected chi connectivity index (χ2v) is 9.77. The van der Waals surface area contributed by atoms with Crippen LogP contribution in [0, 0.1) is 0 Å². The van der Waals surface area contributed by atoms with Gasteiger partial charge in [0.1, 0.15) is 0 Å². The van der Waals surface area contributed by atoms with Gasteiger partial charge in [-0.05, 0) is 37.9 Å². The zero-order chi connectivity index (χ0) is 26.6. The number of nitrogens with zero attached hydrogens (tertiary/aromatic N) is 2. The molecular weight excluding hydrogens is 515 g/mol. The monoisotopic (exact) mass is 542 g/mol. The van der Waals surface area contributed by atoms with Crippen molar-refractivity contribution in [1.29, 1.82) is 0 Å². The van der Waals surface area contributed by atoms with E-state index in [0.717, 1.165) is 56.5 Å². The molecule has 0 aliphatic heterocycles. The van der Waals surface area contributed by atoms with Crippen molar-refractivity contribution in [2.24, 2.45) is 0 Å². The lowest BCUT2D eigenvalue weighted by Gasteiger charge is -2.15. The molecule has 2 aromatic heterocycles. The Bertz CT molecular complexity index is 1620. The third-order valence-electron chi connectivity index (χ3n) is 6.50. The van der Waals surface area contributed by atoms with E-state index < -0.39 is 0 Å². The molecule has 0 fully saturated rings. The molecule has 0 bridgehead atoms. The summed E-state index contributed by atoms with van der Waals surface area (Å²) in [5.74, 6) is 0.570. The average molecular weight is 543 g/mol. The van der Waals surface area contributed by atoms with E-state index in [0.29, 0.717) is 22.5 Å². The quantitative estimate of drug-likeness (QED) is 0.214. The molecule has 0 saturated carbocycles. The minimum atomic E-state index is 0.570. The fourth-order valence-electron chi connectivity index (χ4n) is 4.65. The topological polar surface area (TPSA) is 59.1 Å². The van der Waals surface area contributed by atoms with Gasteiger partial charge in [0.25, 0.3) is 0 Å². The zero-order valence-electron chi connectivity index (χ0n) is 21.5. The van der Waals surface area contributed by atoms with Gasteiger partial charge >= 0.3 is 0 Å². The first-order chi connectivity index (χ1) is 18.5. The number of aromatic nitrogens is 2. The van der Waals surface area contributed by atoms with Crippen LogP contribution in [0.25, 0.3) is 44.4 Å². The maximum Gasteiger partial charge on any atom is 0.218 e. The molecule has 5 aromatic rings. The van der Waals surface area contributed by atoms with Crippen molar-refractivity contribution in [3.05, 3.63) is 100 Å². The Morgan fingerprint density at radius 2 is 1.45 bits per heavy atom. The van der Waals surface area contributed by atoms with Crippen LogP contribution in [0.1, 0.15) is 11.1 Å². The second kappa shape index (κ2) is 11.5. The van der Waals surface area contributed by atoms with Gasteiger partial charge in [0.15, 0.2) is 0 Å². The predicted octanol–water partition coefficient (Wildman–Crippen LogP) is 7.39. The summed E-state index contributed by atoms with van der Waals surface area (Å²) >= 11 is 14.0. The van der Waals surface area contributed by atoms with E-state index in [4.69, 9.17) is 37.9 Å². The lowest BCUT2D eigenvalue weighted by Crippen LogP contribution is -2.07. The number of ether oxygens (including phenoxy) is 1. The van der Waals surface area contributed by atoms with Crippen LogP contribution in [0.4, 0.5) is 0 Å². The van der Waals surface area contributed by atoms with Crippen LogP contribution >= 0.6 is 23.2 Å². The van der Waals surface area contributed by atoms with Crippen molar-refractivity contribution in [3.63, 3.8) is 0 Å². The SMILES string of the molecule is CNCc1ccc2cc(-c3cccc(-c4cccc(-c5ccc(CNC)c(OC)n5)c4Cl)c3Cl)cnc2c1. The van der Waals surface area contributed by atoms with E-state index in [1.54, 1.807) is 7.11 Å². The van der Waals surface area contributed by atoms with Crippen LogP contribution in [0.3, 0.4) is 0 Å². The third kappa shape index (κ3) is 5.11. The maximum atomic E-state index is 7.03. The Balaban J connectivity index is 1.55. The van der Waals surface area contributed by atoms with E-state index in [1.165, 1.54) is 5.56 Å². The number of nitrogens with one attached hydrogen (secondary N) is 2. The first-order valence-corrected chi connectivity index (χ1v) is 13.1. The van der Waals surface area contributed by atoms with Crippen LogP contribution in [0.5, 0.6) is 5.88 Å². The molecule has 0 aliphatic rings. The summed E-state index contributed by atoms with van der Waals surface area (Å²) in [5, 5.41) is 8.57. The summed E-state index contributed by atoms with van der Waals surface area (Å²) in [7, 11) is 5.45. The van der Waals surface area contributed by atoms with E-state index in [-0.39, 0.29) is 0 Å². The number of hydrogen-bond acceptors (Lipinski definition) is 5. The third-order valence-corrected chi connectivity index (χ3v) is 7.32. The van der Waals surface area contributed by atoms with E-state index in [2.05, 4.69) is 34.9 Å². The molecule has 0 aliphatic carbocycles. The van der Waals surface area contributed by atoms with Crippen molar-refractivity contribution < 1.29 is 4.74 Å². The molecule has 0 saturated heterocycles. The second-order valence-electron chi connectivity index (χ2n) is 9.01. The van der Waals surface area contributed by atoms with Crippen LogP contribution in [-0.4, -0.2) is 31.2 Å². The fourth-order valence-corrected chi connectivity index (χ4v) is 5.31. The Labute approximate surface area is 232 Å². The van der Waals surface area contributed by atoms with Gasteiger partial charge in [0, 0.05) is 58.1 Å². The normalized spacial score (nSPS) is 11.2. The molecule has 5 nitrogen and oxygen atoms in total. The molecule has 192 valence electrons. The largest absolute Gasteiger partial charge is 0.481 e. The number of pyridine rings is 2. The fraction of sp³-hybridized carbons (Fsp3) is 0.161. The lowest BCUT2D eigenvalue weighted by molar-refractivity contribution is 0.392. The standard InChI is InChI=1S/C31H28Cl2N4O/c1-34-16-19-10-11-20-15-22(18-36-28(20)14-19)23-6-4-7-24(29(23)32)25-8-5-9-26(30(25)33)27-13-12-21(17-35-2)31(37-27)38-3/h4-15,18,34-35H,16-17H2,1-3H3. The Kier molecular flexibility index (Phi) is 7.91. The van der Waals surface area contributed by atoms with Crippen LogP contribution in [0.15, 0.2) is 79.0 Å². The summed E-state index contributed by atoms with van der Waals surface area (Å²) < 4.78 is 5.52. The molecule has 0 atom stereocenters. The van der Waals surface area contributed by atoms with Gasteiger partial charge < -0.3 is 15.4 Å². The predicted molar refractivity (Wildman–Crippen MR) is 158 cm³/mol. The Hall–Kier alpha value is -3.48. The molecule has 7 heteroatoms. The van der Waals surface area contributed by atoms with Gasteiger partial charge in [0.05, 0.1) is 28.4 Å². The summed E-state index contributed by atoms with van der Waals surface area (Å²) in [4.78, 5) is 9.43. The van der Waals surface area contributed by atoms with Gasteiger partial charge in [-0.2, -0.15) is 0 Å². The molecule has 0 radical (unpaired) electrons. The van der Waals surface area contributed by atoms with Crippen molar-refractivity contribution in [3.8, 4) is 39.4 Å². The van der Waals surface area contributed by atoms with E-state index >= 15 is 0 Å². The zero-order valence-corrected chi connectivity index (χ0v) is 23.0. The van der Waals surface area contributed by atoms with Gasteiger partial charge in [0.2, 0.25) is 5.88 Å². The molecule has 0 amide bonds. The Morgan fingerprint density at radius 3 is 2.16 bits per heavy atom. The first-order valence-electron chi connectivity index (χ1n) is 12.3. The smallest absolute Gasteiger partial charge is 0.218 e. The van der Waals surface area contributed by atoms with E-state index in [9.17, 15) is 0 Å². The number of rotatable bonds is 8. The van der Waals surface area contributed by atoms with Gasteiger partial charge in [-0.3, -0.25) is 4.98 Å². The van der Waals surface area contributed by atoms with Crippen molar-refractivity contribution in [2.75, 3.05) is 21.2 Å². The summed E-state index contributed by atoms with van der Waals surface area (Å²) in [5.41, 5.74) is 8.19. The highest BCUT2D eigenvalue weighted by atomic mass is 35.5. The molecule has 2 heterocycles. The van der Waals surface area contributed by atoms with Crippen molar-refractivity contribution >= 4 is 34.1 Å². The number of hydrogen-bond donors (Lipinski definition) is 2. The summed E-state index contributed by atoms with van der Waals surface area (Å²) in [6.07, 6.45) is 1.87. The van der Waals surface area contributed by atoms with Crippen molar-refractivity contribution in [2.45, 2.75) is 13.1 Å². The maximum absolute atomic E-state index is 7.03. The van der Waals surface area contributed by atoms with Crippen LogP contribution in [0.2, 0.25) is 10.0 Å². The van der Waals surface area contributed by atoms with E-state index in [1.807, 2.05) is 68.8 Å². The van der Waals surface area contributed by atoms with Crippen LogP contribution in [-0.2, 0) is 13.1 Å². The summed E-state index contributed by atoms with van der Waals surface area (Å²) in [6.45, 7) is 1.46. The molecule has 38 heavy (non-hydrogen) atoms. The Morgan fingerprint density at radius 1 is 0.763 bits per heavy atom. The highest BCUT2D eigenvalue weighted by Gasteiger charge is 2.17. The van der Waals surface area contributed by atoms with Gasteiger partial charge in [-0.15, -0.1) is 0 Å². The minimum absolute atomic E-state index is 0.570. The molecule has 2 N–H and O–H groups in total. The summed E-state index contributed by atoms with van der Waals surface area (Å²) in [6, 6.07) is 24.3. The number of methoxy groups -OCH3 is 1. The molecule has 3 aromatic carbocycles. The number of halogens is 2. The molecule has 0 unspecified atom stereocenters. The van der Waals surface area contributed by atoms with Crippen LogP contribution < -0.4 is 15.4 Å². The number of benzene rings is 3. The highest BCUT2D eigenvalue weighted by Crippen LogP contribution is 2.42. The average Bonchev–Trinajstić information content (AvgIpc) is 2.94. The molecular formula is C31H28Cl2N4O. The molecule has 5 rings (SSSR count). The van der Waals surface area contributed by atoms with Crippen molar-refractivity contribution in [1.82, 2.24) is 20.6 Å². The number of fused-ring (bicyclic) bond motifs is 1.